The third kappa shape index (κ3) is 55.8. The second-order valence-electron chi connectivity index (χ2n) is 21.7. The van der Waals surface area contributed by atoms with Crippen LogP contribution in [0.3, 0.4) is 0 Å². The van der Waals surface area contributed by atoms with Gasteiger partial charge in [0.25, 0.3) is 7.82 Å². The van der Waals surface area contributed by atoms with Crippen LogP contribution in [-0.4, -0.2) is 70.0 Å². The molecule has 9 nitrogen and oxygen atoms in total. The minimum absolute atomic E-state index is 0.0280. The maximum atomic E-state index is 12.8. The highest BCUT2D eigenvalue weighted by atomic mass is 31.2. The van der Waals surface area contributed by atoms with Gasteiger partial charge in [0.2, 0.25) is 0 Å². The quantitative estimate of drug-likeness (QED) is 0.0195. The van der Waals surface area contributed by atoms with E-state index in [1.165, 1.54) is 218 Å². The van der Waals surface area contributed by atoms with Crippen molar-refractivity contribution in [2.45, 2.75) is 302 Å². The monoisotopic (exact) mass is 1010 g/mol. The molecule has 0 heterocycles. The van der Waals surface area contributed by atoms with Crippen molar-refractivity contribution in [1.82, 2.24) is 0 Å². The van der Waals surface area contributed by atoms with E-state index in [1.54, 1.807) is 0 Å². The van der Waals surface area contributed by atoms with Gasteiger partial charge < -0.3 is 27.9 Å². The molecule has 0 radical (unpaired) electrons. The third-order valence-electron chi connectivity index (χ3n) is 13.5. The summed E-state index contributed by atoms with van der Waals surface area (Å²) in [6, 6.07) is 0. The minimum atomic E-state index is -4.63. The molecule has 70 heavy (non-hydrogen) atoms. The lowest BCUT2D eigenvalue weighted by Crippen LogP contribution is -2.37. The Kier molecular flexibility index (Phi) is 51.2. The van der Waals surface area contributed by atoms with E-state index in [2.05, 4.69) is 38.2 Å². The zero-order valence-corrected chi connectivity index (χ0v) is 47.9. The largest absolute Gasteiger partial charge is 0.756 e. The van der Waals surface area contributed by atoms with Crippen molar-refractivity contribution in [3.05, 3.63) is 24.3 Å². The molecule has 414 valence electrons. The highest BCUT2D eigenvalue weighted by Gasteiger charge is 2.22. The number of phosphoric acid groups is 1. The molecule has 0 aliphatic heterocycles. The van der Waals surface area contributed by atoms with E-state index < -0.39 is 26.5 Å². The number of hydrogen-bond acceptors (Lipinski definition) is 8. The van der Waals surface area contributed by atoms with Crippen molar-refractivity contribution in [3.63, 3.8) is 0 Å². The molecule has 0 aliphatic carbocycles. The standard InChI is InChI=1S/C60H116NO8P/c1-6-8-10-12-14-16-18-20-22-24-26-28-29-30-31-33-35-37-39-41-43-45-47-49-51-53-60(63)69-58(57-68-70(64,65)67-55-54-61(3,4)5)56-66-59(62)52-50-48-46-44-42-40-38-36-34-32-27-25-23-21-19-17-15-13-11-9-7-2/h18,20,24,26,58H,6-17,19,21-23,25,27-57H2,1-5H3/b20-18-,26-24-. The second kappa shape index (κ2) is 52.4. The summed E-state index contributed by atoms with van der Waals surface area (Å²) < 4.78 is 34.2. The SMILES string of the molecule is CCCCCCC/C=C\C/C=C\CCCCCCCCCCCCCCCC(=O)OC(COC(=O)CCCCCCCCCCCCCCCCCCCCCCC)COP(=O)([O-])OCC[N+](C)(C)C. The first-order valence-corrected chi connectivity index (χ1v) is 31.5. The molecule has 0 aliphatic rings. The average molecular weight is 1010 g/mol. The molecular formula is C60H116NO8P. The molecule has 0 aromatic carbocycles. The number of allylic oxidation sites excluding steroid dienone is 4. The number of likely N-dealkylation sites (N-methyl/N-ethyl adjacent to an activating group) is 1. The Bertz CT molecular complexity index is 1240. The molecule has 0 spiro atoms. The zero-order chi connectivity index (χ0) is 51.3. The average Bonchev–Trinajstić information content (AvgIpc) is 3.32. The molecule has 0 N–H and O–H groups in total. The van der Waals surface area contributed by atoms with E-state index in [1.807, 2.05) is 21.1 Å². The molecule has 0 fully saturated rings. The number of rotatable bonds is 56. The van der Waals surface area contributed by atoms with Crippen LogP contribution in [0.25, 0.3) is 0 Å². The van der Waals surface area contributed by atoms with Gasteiger partial charge in [-0.2, -0.15) is 0 Å². The molecule has 0 aromatic rings. The zero-order valence-electron chi connectivity index (χ0n) is 47.0. The van der Waals surface area contributed by atoms with Crippen molar-refractivity contribution in [2.24, 2.45) is 0 Å². The van der Waals surface area contributed by atoms with Crippen molar-refractivity contribution in [1.29, 1.82) is 0 Å². The van der Waals surface area contributed by atoms with Crippen LogP contribution < -0.4 is 4.89 Å². The summed E-state index contributed by atoms with van der Waals surface area (Å²) in [5.41, 5.74) is 0. The summed E-state index contributed by atoms with van der Waals surface area (Å²) >= 11 is 0. The van der Waals surface area contributed by atoms with Crippen LogP contribution in [0, 0.1) is 0 Å². The van der Waals surface area contributed by atoms with Crippen LogP contribution in [0.5, 0.6) is 0 Å². The molecule has 0 aromatic heterocycles. The van der Waals surface area contributed by atoms with Crippen LogP contribution in [0.4, 0.5) is 0 Å². The van der Waals surface area contributed by atoms with Gasteiger partial charge >= 0.3 is 11.9 Å². The first-order chi connectivity index (χ1) is 34.0. The molecule has 0 amide bonds. The number of esters is 2. The van der Waals surface area contributed by atoms with Crippen molar-refractivity contribution < 1.29 is 42.1 Å². The van der Waals surface area contributed by atoms with E-state index in [9.17, 15) is 19.0 Å². The molecule has 0 saturated carbocycles. The maximum absolute atomic E-state index is 12.8. The fraction of sp³-hybridized carbons (Fsp3) is 0.900. The highest BCUT2D eigenvalue weighted by molar-refractivity contribution is 7.45. The summed E-state index contributed by atoms with van der Waals surface area (Å²) in [6.07, 6.45) is 62.2. The number of unbranched alkanes of at least 4 members (excludes halogenated alkanes) is 38. The van der Waals surface area contributed by atoms with Crippen LogP contribution >= 0.6 is 7.82 Å². The van der Waals surface area contributed by atoms with Crippen molar-refractivity contribution in [3.8, 4) is 0 Å². The smallest absolute Gasteiger partial charge is 0.306 e. The summed E-state index contributed by atoms with van der Waals surface area (Å²) in [5, 5.41) is 0. The Morgan fingerprint density at radius 1 is 0.443 bits per heavy atom. The van der Waals surface area contributed by atoms with Crippen molar-refractivity contribution in [2.75, 3.05) is 47.5 Å². The van der Waals surface area contributed by atoms with E-state index >= 15 is 0 Å². The summed E-state index contributed by atoms with van der Waals surface area (Å²) in [5.74, 6) is -0.816. The summed E-state index contributed by atoms with van der Waals surface area (Å²) in [4.78, 5) is 37.9. The molecular weight excluding hydrogens is 894 g/mol. The molecule has 0 saturated heterocycles. The number of carbonyl (C=O) groups excluding carboxylic acids is 2. The Balaban J connectivity index is 4.11. The molecule has 2 atom stereocenters. The van der Waals surface area contributed by atoms with E-state index in [0.717, 1.165) is 44.9 Å². The van der Waals surface area contributed by atoms with Gasteiger partial charge in [-0.25, -0.2) is 0 Å². The number of hydrogen-bond donors (Lipinski definition) is 0. The number of quaternary nitrogens is 1. The number of carbonyl (C=O) groups is 2. The van der Waals surface area contributed by atoms with Gasteiger partial charge in [0.05, 0.1) is 27.7 Å². The van der Waals surface area contributed by atoms with Gasteiger partial charge in [-0.1, -0.05) is 263 Å². The minimum Gasteiger partial charge on any atom is -0.756 e. The number of phosphoric ester groups is 1. The lowest BCUT2D eigenvalue weighted by Gasteiger charge is -2.28. The fourth-order valence-corrected chi connectivity index (χ4v) is 9.54. The Morgan fingerprint density at radius 3 is 1.13 bits per heavy atom. The molecule has 2 unspecified atom stereocenters. The first-order valence-electron chi connectivity index (χ1n) is 30.0. The van der Waals surface area contributed by atoms with Crippen LogP contribution in [0.15, 0.2) is 24.3 Å². The molecule has 0 bridgehead atoms. The van der Waals surface area contributed by atoms with Gasteiger partial charge in [0.15, 0.2) is 6.10 Å². The number of ether oxygens (including phenoxy) is 2. The van der Waals surface area contributed by atoms with Gasteiger partial charge in [0, 0.05) is 12.8 Å². The number of nitrogens with zero attached hydrogens (tertiary/aromatic N) is 1. The second-order valence-corrected chi connectivity index (χ2v) is 23.1. The van der Waals surface area contributed by atoms with E-state index in [0.29, 0.717) is 17.4 Å². The van der Waals surface area contributed by atoms with Gasteiger partial charge in [-0.3, -0.25) is 14.2 Å². The normalized spacial score (nSPS) is 13.4. The molecule has 10 heteroatoms. The van der Waals surface area contributed by atoms with Crippen molar-refractivity contribution >= 4 is 19.8 Å². The van der Waals surface area contributed by atoms with E-state index in [-0.39, 0.29) is 32.0 Å². The van der Waals surface area contributed by atoms with Gasteiger partial charge in [0.1, 0.15) is 19.8 Å². The fourth-order valence-electron chi connectivity index (χ4n) is 8.81. The summed E-state index contributed by atoms with van der Waals surface area (Å²) in [7, 11) is 1.18. The molecule has 0 rings (SSSR count). The van der Waals surface area contributed by atoms with Gasteiger partial charge in [-0.05, 0) is 44.9 Å². The summed E-state index contributed by atoms with van der Waals surface area (Å²) in [6.45, 7) is 4.29. The maximum Gasteiger partial charge on any atom is 0.306 e. The Hall–Kier alpha value is -1.51. The predicted molar refractivity (Wildman–Crippen MR) is 296 cm³/mol. The first kappa shape index (κ1) is 68.5. The predicted octanol–water partition coefficient (Wildman–Crippen LogP) is 18.0. The van der Waals surface area contributed by atoms with Gasteiger partial charge in [-0.15, -0.1) is 0 Å². The Morgan fingerprint density at radius 2 is 0.771 bits per heavy atom. The van der Waals surface area contributed by atoms with E-state index in [4.69, 9.17) is 18.5 Å². The lowest BCUT2D eigenvalue weighted by molar-refractivity contribution is -0.870. The van der Waals surface area contributed by atoms with Crippen LogP contribution in [0.1, 0.15) is 296 Å². The highest BCUT2D eigenvalue weighted by Crippen LogP contribution is 2.38. The van der Waals surface area contributed by atoms with Crippen LogP contribution in [-0.2, 0) is 32.7 Å². The Labute approximate surface area is 434 Å². The lowest BCUT2D eigenvalue weighted by atomic mass is 10.0. The van der Waals surface area contributed by atoms with Crippen LogP contribution in [0.2, 0.25) is 0 Å². The topological polar surface area (TPSA) is 111 Å². The third-order valence-corrected chi connectivity index (χ3v) is 14.4.